The first kappa shape index (κ1) is 13.7. The van der Waals surface area contributed by atoms with Gasteiger partial charge in [-0.15, -0.1) is 0 Å². The first-order chi connectivity index (χ1) is 9.19. The number of hydrogen-bond donors (Lipinski definition) is 1. The molecule has 19 heavy (non-hydrogen) atoms. The molecule has 0 spiro atoms. The molecule has 2 aromatic heterocycles. The van der Waals surface area contributed by atoms with Crippen LogP contribution in [-0.2, 0) is 19.6 Å². The Bertz CT molecular complexity index is 500. The highest BCUT2D eigenvalue weighted by molar-refractivity contribution is 4.88. The van der Waals surface area contributed by atoms with Gasteiger partial charge in [-0.05, 0) is 6.42 Å². The van der Waals surface area contributed by atoms with Crippen molar-refractivity contribution in [1.82, 2.24) is 34.8 Å². The average Bonchev–Trinajstić information content (AvgIpc) is 2.98. The van der Waals surface area contributed by atoms with E-state index in [0.717, 1.165) is 24.6 Å². The number of nitrogens with zero attached hydrogens (tertiary/aromatic N) is 6. The molecular weight excluding hydrogens is 242 g/mol. The monoisotopic (exact) mass is 263 g/mol. The highest BCUT2D eigenvalue weighted by atomic mass is 15.4. The van der Waals surface area contributed by atoms with Crippen LogP contribution >= 0.6 is 0 Å². The van der Waals surface area contributed by atoms with Crippen LogP contribution in [0.2, 0.25) is 0 Å². The van der Waals surface area contributed by atoms with Gasteiger partial charge in [0.15, 0.2) is 5.82 Å². The molecule has 0 fully saturated rings. The fraction of sp³-hybridized carbons (Fsp3) is 0.667. The molecule has 2 rings (SSSR count). The van der Waals surface area contributed by atoms with Crippen molar-refractivity contribution in [2.24, 2.45) is 0 Å². The number of rotatable bonds is 7. The highest BCUT2D eigenvalue weighted by Crippen LogP contribution is 2.00. The minimum absolute atomic E-state index is 0.430. The molecule has 0 unspecified atom stereocenters. The van der Waals surface area contributed by atoms with Gasteiger partial charge in [0.1, 0.15) is 25.0 Å². The Kier molecular flexibility index (Phi) is 4.62. The van der Waals surface area contributed by atoms with Crippen LogP contribution in [0.1, 0.15) is 38.8 Å². The van der Waals surface area contributed by atoms with Crippen LogP contribution in [-0.4, -0.2) is 35.6 Å². The second kappa shape index (κ2) is 6.42. The lowest BCUT2D eigenvalue weighted by molar-refractivity contribution is 0.531. The molecule has 0 amide bonds. The van der Waals surface area contributed by atoms with E-state index in [9.17, 15) is 0 Å². The van der Waals surface area contributed by atoms with E-state index in [1.54, 1.807) is 17.3 Å². The molecule has 104 valence electrons. The molecule has 2 heterocycles. The third-order valence-electron chi connectivity index (χ3n) is 2.69. The van der Waals surface area contributed by atoms with E-state index >= 15 is 0 Å². The van der Waals surface area contributed by atoms with Gasteiger partial charge in [-0.1, -0.05) is 20.8 Å². The SMILES string of the molecule is CCCn1ncnc1Cn1cnc(CNC(C)C)n1. The molecule has 1 N–H and O–H groups in total. The molecule has 0 radical (unpaired) electrons. The maximum atomic E-state index is 4.42. The molecule has 0 atom stereocenters. The van der Waals surface area contributed by atoms with Crippen molar-refractivity contribution in [3.05, 3.63) is 24.3 Å². The number of nitrogens with one attached hydrogen (secondary N) is 1. The van der Waals surface area contributed by atoms with Gasteiger partial charge in [-0.25, -0.2) is 19.3 Å². The second-order valence-electron chi connectivity index (χ2n) is 4.79. The minimum Gasteiger partial charge on any atom is -0.308 e. The first-order valence-corrected chi connectivity index (χ1v) is 6.67. The van der Waals surface area contributed by atoms with Crippen LogP contribution in [0.25, 0.3) is 0 Å². The molecule has 0 saturated heterocycles. The van der Waals surface area contributed by atoms with Crippen LogP contribution in [0.4, 0.5) is 0 Å². The lowest BCUT2D eigenvalue weighted by Gasteiger charge is -2.05. The van der Waals surface area contributed by atoms with Crippen LogP contribution in [0.15, 0.2) is 12.7 Å². The topological polar surface area (TPSA) is 73.5 Å². The molecule has 0 aliphatic heterocycles. The summed E-state index contributed by atoms with van der Waals surface area (Å²) in [5, 5.41) is 11.9. The van der Waals surface area contributed by atoms with Gasteiger partial charge in [-0.3, -0.25) is 0 Å². The maximum absolute atomic E-state index is 4.42. The predicted molar refractivity (Wildman–Crippen MR) is 71.4 cm³/mol. The molecular formula is C12H21N7. The molecule has 0 aliphatic rings. The fourth-order valence-corrected chi connectivity index (χ4v) is 1.74. The largest absolute Gasteiger partial charge is 0.308 e. The molecule has 0 bridgehead atoms. The van der Waals surface area contributed by atoms with Crippen molar-refractivity contribution >= 4 is 0 Å². The van der Waals surface area contributed by atoms with Crippen molar-refractivity contribution in [2.75, 3.05) is 0 Å². The Morgan fingerprint density at radius 1 is 1.32 bits per heavy atom. The Hall–Kier alpha value is -1.76. The van der Waals surface area contributed by atoms with E-state index in [-0.39, 0.29) is 0 Å². The highest BCUT2D eigenvalue weighted by Gasteiger charge is 2.07. The normalized spacial score (nSPS) is 11.4. The molecule has 0 saturated carbocycles. The smallest absolute Gasteiger partial charge is 0.164 e. The quantitative estimate of drug-likeness (QED) is 0.801. The van der Waals surface area contributed by atoms with Crippen LogP contribution in [0.5, 0.6) is 0 Å². The van der Waals surface area contributed by atoms with Crippen LogP contribution in [0, 0.1) is 0 Å². The fourth-order valence-electron chi connectivity index (χ4n) is 1.74. The lowest BCUT2D eigenvalue weighted by Crippen LogP contribution is -2.22. The number of aryl methyl sites for hydroxylation is 1. The zero-order valence-corrected chi connectivity index (χ0v) is 11.7. The molecule has 7 nitrogen and oxygen atoms in total. The van der Waals surface area contributed by atoms with Crippen molar-refractivity contribution < 1.29 is 0 Å². The maximum Gasteiger partial charge on any atom is 0.164 e. The van der Waals surface area contributed by atoms with E-state index in [2.05, 4.69) is 46.3 Å². The summed E-state index contributed by atoms with van der Waals surface area (Å²) >= 11 is 0. The zero-order chi connectivity index (χ0) is 13.7. The van der Waals surface area contributed by atoms with Gasteiger partial charge >= 0.3 is 0 Å². The summed E-state index contributed by atoms with van der Waals surface area (Å²) in [5.74, 6) is 1.71. The Morgan fingerprint density at radius 3 is 2.89 bits per heavy atom. The molecule has 0 aliphatic carbocycles. The Labute approximate surface area is 113 Å². The zero-order valence-electron chi connectivity index (χ0n) is 11.7. The van der Waals surface area contributed by atoms with E-state index in [1.807, 2.05) is 4.68 Å². The van der Waals surface area contributed by atoms with E-state index in [4.69, 9.17) is 0 Å². The minimum atomic E-state index is 0.430. The number of hydrogen-bond acceptors (Lipinski definition) is 5. The first-order valence-electron chi connectivity index (χ1n) is 6.67. The lowest BCUT2D eigenvalue weighted by atomic mass is 10.4. The standard InChI is InChI=1S/C12H21N7/c1-4-5-19-12(14-8-16-19)7-18-9-15-11(17-18)6-13-10(2)3/h8-10,13H,4-7H2,1-3H3. The van der Waals surface area contributed by atoms with Crippen LogP contribution < -0.4 is 5.32 Å². The van der Waals surface area contributed by atoms with Crippen molar-refractivity contribution in [3.8, 4) is 0 Å². The third-order valence-corrected chi connectivity index (χ3v) is 2.69. The molecule has 2 aromatic rings. The summed E-state index contributed by atoms with van der Waals surface area (Å²) in [6.07, 6.45) is 4.36. The summed E-state index contributed by atoms with van der Waals surface area (Å²) in [7, 11) is 0. The second-order valence-corrected chi connectivity index (χ2v) is 4.79. The Morgan fingerprint density at radius 2 is 2.16 bits per heavy atom. The van der Waals surface area contributed by atoms with Crippen molar-refractivity contribution in [1.29, 1.82) is 0 Å². The summed E-state index contributed by atoms with van der Waals surface area (Å²) in [6.45, 7) is 8.50. The summed E-state index contributed by atoms with van der Waals surface area (Å²) < 4.78 is 3.71. The molecule has 0 aromatic carbocycles. The predicted octanol–water partition coefficient (Wildman–Crippen LogP) is 0.826. The van der Waals surface area contributed by atoms with E-state index in [1.165, 1.54) is 0 Å². The van der Waals surface area contributed by atoms with Crippen molar-refractivity contribution in [2.45, 2.75) is 52.9 Å². The van der Waals surface area contributed by atoms with Gasteiger partial charge in [0.2, 0.25) is 0 Å². The molecule has 7 heteroatoms. The van der Waals surface area contributed by atoms with E-state index in [0.29, 0.717) is 19.1 Å². The van der Waals surface area contributed by atoms with Gasteiger partial charge in [0.05, 0.1) is 6.54 Å². The van der Waals surface area contributed by atoms with Gasteiger partial charge < -0.3 is 5.32 Å². The third kappa shape index (κ3) is 3.85. The van der Waals surface area contributed by atoms with E-state index < -0.39 is 0 Å². The van der Waals surface area contributed by atoms with Gasteiger partial charge in [0.25, 0.3) is 0 Å². The number of aromatic nitrogens is 6. The van der Waals surface area contributed by atoms with Gasteiger partial charge in [0, 0.05) is 12.6 Å². The summed E-state index contributed by atoms with van der Waals surface area (Å²) in [5.41, 5.74) is 0. The average molecular weight is 263 g/mol. The summed E-state index contributed by atoms with van der Waals surface area (Å²) in [6, 6.07) is 0.430. The summed E-state index contributed by atoms with van der Waals surface area (Å²) in [4.78, 5) is 8.54. The van der Waals surface area contributed by atoms with Gasteiger partial charge in [-0.2, -0.15) is 10.2 Å². The van der Waals surface area contributed by atoms with Crippen molar-refractivity contribution in [3.63, 3.8) is 0 Å². The Balaban J connectivity index is 1.97. The van der Waals surface area contributed by atoms with Crippen LogP contribution in [0.3, 0.4) is 0 Å².